The van der Waals surface area contributed by atoms with Gasteiger partial charge in [-0.05, 0) is 33.3 Å². The van der Waals surface area contributed by atoms with Crippen LogP contribution in [0, 0.1) is 0 Å². The molecule has 1 fully saturated rings. The van der Waals surface area contributed by atoms with Crippen LogP contribution in [-0.4, -0.2) is 39.5 Å². The number of hydrogen-bond donors (Lipinski definition) is 0. The summed E-state index contributed by atoms with van der Waals surface area (Å²) in [5.41, 5.74) is 0.0925. The fraction of sp³-hybridized carbons (Fsp3) is 0.438. The number of carbonyl (C=O) groups is 3. The van der Waals surface area contributed by atoms with E-state index in [9.17, 15) is 14.4 Å². The summed E-state index contributed by atoms with van der Waals surface area (Å²) < 4.78 is 5.20. The molecule has 1 aliphatic heterocycles. The highest BCUT2D eigenvalue weighted by Gasteiger charge is 2.47. The van der Waals surface area contributed by atoms with Gasteiger partial charge in [0, 0.05) is 0 Å². The van der Waals surface area contributed by atoms with Gasteiger partial charge in [0.05, 0.1) is 6.54 Å². The Morgan fingerprint density at radius 2 is 1.77 bits per heavy atom. The molecule has 0 bridgehead atoms. The Hall–Kier alpha value is -2.37. The SMILES string of the molecule is CC1C(=O)N(Cc2ccccc2)C(=O)N1C(=O)OC(C)(C)C. The Balaban J connectivity index is 2.17. The molecule has 0 spiro atoms. The van der Waals surface area contributed by atoms with Crippen molar-refractivity contribution in [2.75, 3.05) is 0 Å². The molecule has 22 heavy (non-hydrogen) atoms. The summed E-state index contributed by atoms with van der Waals surface area (Å²) in [5, 5.41) is 0. The number of carbonyl (C=O) groups excluding carboxylic acids is 3. The van der Waals surface area contributed by atoms with Crippen LogP contribution in [0.4, 0.5) is 9.59 Å². The molecule has 0 radical (unpaired) electrons. The van der Waals surface area contributed by atoms with Crippen LogP contribution in [0.15, 0.2) is 30.3 Å². The van der Waals surface area contributed by atoms with E-state index in [4.69, 9.17) is 4.74 Å². The van der Waals surface area contributed by atoms with Crippen molar-refractivity contribution >= 4 is 18.0 Å². The van der Waals surface area contributed by atoms with E-state index < -0.39 is 29.7 Å². The minimum atomic E-state index is -0.855. The molecule has 1 aliphatic rings. The Kier molecular flexibility index (Phi) is 4.21. The summed E-state index contributed by atoms with van der Waals surface area (Å²) >= 11 is 0. The second-order valence-electron chi connectivity index (χ2n) is 6.22. The third-order valence-corrected chi connectivity index (χ3v) is 3.22. The molecule has 0 aromatic heterocycles. The van der Waals surface area contributed by atoms with E-state index in [0.717, 1.165) is 15.4 Å². The first-order valence-electron chi connectivity index (χ1n) is 7.12. The fourth-order valence-corrected chi connectivity index (χ4v) is 2.18. The maximum Gasteiger partial charge on any atom is 0.419 e. The molecule has 1 atom stereocenters. The molecule has 118 valence electrons. The van der Waals surface area contributed by atoms with Crippen LogP contribution in [0.3, 0.4) is 0 Å². The molecule has 1 aromatic carbocycles. The molecule has 1 saturated heterocycles. The fourth-order valence-electron chi connectivity index (χ4n) is 2.18. The number of benzene rings is 1. The van der Waals surface area contributed by atoms with Crippen LogP contribution in [-0.2, 0) is 16.1 Å². The summed E-state index contributed by atoms with van der Waals surface area (Å²) in [6.45, 7) is 6.79. The van der Waals surface area contributed by atoms with Gasteiger partial charge in [-0.25, -0.2) is 14.5 Å². The molecule has 1 unspecified atom stereocenters. The van der Waals surface area contributed by atoms with E-state index in [-0.39, 0.29) is 6.54 Å². The van der Waals surface area contributed by atoms with Crippen molar-refractivity contribution in [2.24, 2.45) is 0 Å². The number of amides is 4. The van der Waals surface area contributed by atoms with Crippen LogP contribution in [0.1, 0.15) is 33.3 Å². The maximum absolute atomic E-state index is 12.4. The highest BCUT2D eigenvalue weighted by molar-refractivity contribution is 6.10. The highest BCUT2D eigenvalue weighted by Crippen LogP contribution is 2.22. The summed E-state index contributed by atoms with van der Waals surface area (Å²) in [7, 11) is 0. The predicted octanol–water partition coefficient (Wildman–Crippen LogP) is 2.77. The van der Waals surface area contributed by atoms with Gasteiger partial charge < -0.3 is 4.74 Å². The van der Waals surface area contributed by atoms with E-state index in [2.05, 4.69) is 0 Å². The van der Waals surface area contributed by atoms with Crippen molar-refractivity contribution < 1.29 is 19.1 Å². The lowest BCUT2D eigenvalue weighted by molar-refractivity contribution is -0.128. The Morgan fingerprint density at radius 3 is 2.32 bits per heavy atom. The van der Waals surface area contributed by atoms with E-state index in [1.165, 1.54) is 6.92 Å². The van der Waals surface area contributed by atoms with E-state index in [1.54, 1.807) is 20.8 Å². The summed E-state index contributed by atoms with van der Waals surface area (Å²) in [6, 6.07) is 7.65. The summed E-state index contributed by atoms with van der Waals surface area (Å²) in [5.74, 6) is -0.403. The number of nitrogens with zero attached hydrogens (tertiary/aromatic N) is 2. The van der Waals surface area contributed by atoms with Gasteiger partial charge in [0.1, 0.15) is 11.6 Å². The van der Waals surface area contributed by atoms with Crippen LogP contribution in [0.2, 0.25) is 0 Å². The molecule has 6 heteroatoms. The highest BCUT2D eigenvalue weighted by atomic mass is 16.6. The molecule has 1 heterocycles. The Morgan fingerprint density at radius 1 is 1.18 bits per heavy atom. The number of ether oxygens (including phenoxy) is 1. The standard InChI is InChI=1S/C16H20N2O4/c1-11-13(19)17(10-12-8-6-5-7-9-12)14(20)18(11)15(21)22-16(2,3)4/h5-9,11H,10H2,1-4H3. The average molecular weight is 304 g/mol. The second-order valence-corrected chi connectivity index (χ2v) is 6.22. The third kappa shape index (κ3) is 3.27. The molecule has 0 N–H and O–H groups in total. The number of urea groups is 1. The van der Waals surface area contributed by atoms with Crippen LogP contribution < -0.4 is 0 Å². The molecule has 6 nitrogen and oxygen atoms in total. The molecule has 0 saturated carbocycles. The van der Waals surface area contributed by atoms with Gasteiger partial charge in [-0.15, -0.1) is 0 Å². The first-order chi connectivity index (χ1) is 10.2. The molecular formula is C16H20N2O4. The lowest BCUT2D eigenvalue weighted by atomic mass is 10.2. The molecule has 1 aromatic rings. The second kappa shape index (κ2) is 5.79. The topological polar surface area (TPSA) is 66.9 Å². The van der Waals surface area contributed by atoms with Gasteiger partial charge in [-0.2, -0.15) is 0 Å². The van der Waals surface area contributed by atoms with Crippen molar-refractivity contribution in [2.45, 2.75) is 45.9 Å². The number of imide groups is 2. The number of rotatable bonds is 2. The van der Waals surface area contributed by atoms with Crippen LogP contribution in [0.5, 0.6) is 0 Å². The van der Waals surface area contributed by atoms with Gasteiger partial charge in [-0.1, -0.05) is 30.3 Å². The lowest BCUT2D eigenvalue weighted by Gasteiger charge is -2.24. The first kappa shape index (κ1) is 16.0. The van der Waals surface area contributed by atoms with Gasteiger partial charge in [0.15, 0.2) is 0 Å². The van der Waals surface area contributed by atoms with E-state index in [1.807, 2.05) is 30.3 Å². The largest absolute Gasteiger partial charge is 0.443 e. The van der Waals surface area contributed by atoms with Crippen molar-refractivity contribution in [3.8, 4) is 0 Å². The normalized spacial score (nSPS) is 18.8. The molecular weight excluding hydrogens is 284 g/mol. The Labute approximate surface area is 129 Å². The average Bonchev–Trinajstić information content (AvgIpc) is 2.62. The maximum atomic E-state index is 12.4. The summed E-state index contributed by atoms with van der Waals surface area (Å²) in [6.07, 6.45) is -0.797. The van der Waals surface area contributed by atoms with Crippen molar-refractivity contribution in [1.82, 2.24) is 9.80 Å². The van der Waals surface area contributed by atoms with Crippen LogP contribution >= 0.6 is 0 Å². The van der Waals surface area contributed by atoms with E-state index in [0.29, 0.717) is 0 Å². The zero-order chi connectivity index (χ0) is 16.5. The zero-order valence-corrected chi connectivity index (χ0v) is 13.2. The minimum absolute atomic E-state index is 0.141. The molecule has 0 aliphatic carbocycles. The van der Waals surface area contributed by atoms with Gasteiger partial charge in [0.2, 0.25) is 0 Å². The van der Waals surface area contributed by atoms with Crippen molar-refractivity contribution in [3.05, 3.63) is 35.9 Å². The predicted molar refractivity (Wildman–Crippen MR) is 79.9 cm³/mol. The van der Waals surface area contributed by atoms with Gasteiger partial charge >= 0.3 is 12.1 Å². The smallest absolute Gasteiger partial charge is 0.419 e. The van der Waals surface area contributed by atoms with Crippen molar-refractivity contribution in [1.29, 1.82) is 0 Å². The van der Waals surface area contributed by atoms with E-state index >= 15 is 0 Å². The first-order valence-corrected chi connectivity index (χ1v) is 7.12. The molecule has 4 amide bonds. The number of hydrogen-bond acceptors (Lipinski definition) is 4. The Bertz CT molecular complexity index is 592. The summed E-state index contributed by atoms with van der Waals surface area (Å²) in [4.78, 5) is 38.7. The third-order valence-electron chi connectivity index (χ3n) is 3.22. The van der Waals surface area contributed by atoms with Gasteiger partial charge in [-0.3, -0.25) is 9.69 Å². The van der Waals surface area contributed by atoms with Crippen LogP contribution in [0.25, 0.3) is 0 Å². The quantitative estimate of drug-likeness (QED) is 0.788. The van der Waals surface area contributed by atoms with Gasteiger partial charge in [0.25, 0.3) is 5.91 Å². The molecule has 2 rings (SSSR count). The minimum Gasteiger partial charge on any atom is -0.443 e. The zero-order valence-electron chi connectivity index (χ0n) is 13.2. The van der Waals surface area contributed by atoms with Crippen molar-refractivity contribution in [3.63, 3.8) is 0 Å². The lowest BCUT2D eigenvalue weighted by Crippen LogP contribution is -2.42. The monoisotopic (exact) mass is 304 g/mol.